The van der Waals surface area contributed by atoms with Gasteiger partial charge in [-0.25, -0.2) is 9.97 Å². The molecule has 0 aliphatic heterocycles. The first-order valence-electron chi connectivity index (χ1n) is 4.88. The van der Waals surface area contributed by atoms with Gasteiger partial charge in [0.1, 0.15) is 6.33 Å². The van der Waals surface area contributed by atoms with Gasteiger partial charge in [0, 0.05) is 6.04 Å². The van der Waals surface area contributed by atoms with E-state index in [-0.39, 0.29) is 0 Å². The monoisotopic (exact) mass is 179 g/mol. The lowest BCUT2D eigenvalue weighted by Gasteiger charge is -2.16. The topological polar surface area (TPSA) is 37.8 Å². The largest absolute Gasteiger partial charge is 0.380 e. The first-order valence-corrected chi connectivity index (χ1v) is 4.88. The highest BCUT2D eigenvalue weighted by molar-refractivity contribution is 5.38. The number of nitrogens with one attached hydrogen (secondary N) is 1. The van der Waals surface area contributed by atoms with Crippen LogP contribution in [-0.2, 0) is 0 Å². The maximum absolute atomic E-state index is 3.96. The van der Waals surface area contributed by atoms with E-state index in [1.54, 1.807) is 6.33 Å². The maximum atomic E-state index is 3.96. The normalized spacial score (nSPS) is 12.5. The van der Waals surface area contributed by atoms with Gasteiger partial charge in [-0.15, -0.1) is 0 Å². The summed E-state index contributed by atoms with van der Waals surface area (Å²) in [7, 11) is 0. The average Bonchev–Trinajstić information content (AvgIpc) is 2.19. The smallest absolute Gasteiger partial charge is 0.115 e. The van der Waals surface area contributed by atoms with Crippen LogP contribution in [0.1, 0.15) is 33.1 Å². The van der Waals surface area contributed by atoms with Crippen LogP contribution in [0.4, 0.5) is 5.69 Å². The number of hydrogen-bond donors (Lipinski definition) is 1. The van der Waals surface area contributed by atoms with Gasteiger partial charge >= 0.3 is 0 Å². The number of aromatic nitrogens is 2. The van der Waals surface area contributed by atoms with E-state index in [0.717, 1.165) is 12.1 Å². The number of hydrogen-bond acceptors (Lipinski definition) is 3. The van der Waals surface area contributed by atoms with Gasteiger partial charge in [0.05, 0.1) is 18.1 Å². The van der Waals surface area contributed by atoms with E-state index in [1.165, 1.54) is 12.8 Å². The van der Waals surface area contributed by atoms with E-state index in [2.05, 4.69) is 29.1 Å². The first-order chi connectivity index (χ1) is 6.36. The Balaban J connectivity index is 2.46. The molecule has 0 spiro atoms. The van der Waals surface area contributed by atoms with Crippen molar-refractivity contribution in [3.8, 4) is 0 Å². The molecule has 3 nitrogen and oxygen atoms in total. The lowest BCUT2D eigenvalue weighted by atomic mass is 10.1. The molecule has 0 fully saturated rings. The second-order valence-electron chi connectivity index (χ2n) is 3.17. The Labute approximate surface area is 79.6 Å². The highest BCUT2D eigenvalue weighted by Gasteiger charge is 2.03. The van der Waals surface area contributed by atoms with E-state index in [1.807, 2.05) is 12.4 Å². The second kappa shape index (κ2) is 5.51. The molecule has 1 atom stereocenters. The molecule has 0 saturated carbocycles. The lowest BCUT2D eigenvalue weighted by Crippen LogP contribution is -2.18. The molecule has 0 aromatic carbocycles. The predicted octanol–water partition coefficient (Wildman–Crippen LogP) is 2.47. The molecule has 0 amide bonds. The van der Waals surface area contributed by atoms with E-state index in [9.17, 15) is 0 Å². The summed E-state index contributed by atoms with van der Waals surface area (Å²) in [5.74, 6) is 0. The number of nitrogens with zero attached hydrogens (tertiary/aromatic N) is 2. The second-order valence-corrected chi connectivity index (χ2v) is 3.17. The van der Waals surface area contributed by atoms with Crippen LogP contribution in [0.5, 0.6) is 0 Å². The van der Waals surface area contributed by atoms with Gasteiger partial charge in [-0.2, -0.15) is 0 Å². The fourth-order valence-electron chi connectivity index (χ4n) is 1.34. The molecule has 1 rings (SSSR count). The van der Waals surface area contributed by atoms with Gasteiger partial charge in [0.2, 0.25) is 0 Å². The maximum Gasteiger partial charge on any atom is 0.115 e. The molecular weight excluding hydrogens is 162 g/mol. The van der Waals surface area contributed by atoms with Gasteiger partial charge < -0.3 is 5.32 Å². The average molecular weight is 179 g/mol. The molecule has 1 aromatic rings. The van der Waals surface area contributed by atoms with E-state index < -0.39 is 0 Å². The summed E-state index contributed by atoms with van der Waals surface area (Å²) in [6, 6.07) is 0.552. The van der Waals surface area contributed by atoms with Crippen LogP contribution in [0, 0.1) is 0 Å². The molecule has 1 heterocycles. The van der Waals surface area contributed by atoms with Crippen molar-refractivity contribution in [2.75, 3.05) is 5.32 Å². The van der Waals surface area contributed by atoms with Crippen molar-refractivity contribution in [3.63, 3.8) is 0 Å². The summed E-state index contributed by atoms with van der Waals surface area (Å²) >= 11 is 0. The predicted molar refractivity (Wildman–Crippen MR) is 54.6 cm³/mol. The van der Waals surface area contributed by atoms with Crippen LogP contribution in [0.3, 0.4) is 0 Å². The Kier molecular flexibility index (Phi) is 4.23. The van der Waals surface area contributed by atoms with Crippen molar-refractivity contribution in [1.82, 2.24) is 9.97 Å². The number of rotatable bonds is 5. The minimum Gasteiger partial charge on any atom is -0.380 e. The Morgan fingerprint density at radius 2 is 2.00 bits per heavy atom. The Hall–Kier alpha value is -1.12. The van der Waals surface area contributed by atoms with Crippen LogP contribution in [0.2, 0.25) is 0 Å². The zero-order valence-corrected chi connectivity index (χ0v) is 8.33. The molecule has 0 radical (unpaired) electrons. The summed E-state index contributed by atoms with van der Waals surface area (Å²) in [5.41, 5.74) is 1.02. The summed E-state index contributed by atoms with van der Waals surface area (Å²) in [6.07, 6.45) is 8.72. The van der Waals surface area contributed by atoms with Crippen molar-refractivity contribution < 1.29 is 0 Å². The zero-order chi connectivity index (χ0) is 9.52. The summed E-state index contributed by atoms with van der Waals surface area (Å²) in [6.45, 7) is 4.39. The molecule has 0 aliphatic rings. The molecule has 1 aromatic heterocycles. The fourth-order valence-corrected chi connectivity index (χ4v) is 1.34. The van der Waals surface area contributed by atoms with Crippen molar-refractivity contribution in [3.05, 3.63) is 18.7 Å². The summed E-state index contributed by atoms with van der Waals surface area (Å²) < 4.78 is 0. The van der Waals surface area contributed by atoms with Gasteiger partial charge in [0.15, 0.2) is 0 Å². The number of anilines is 1. The van der Waals surface area contributed by atoms with Crippen LogP contribution in [-0.4, -0.2) is 16.0 Å². The molecule has 3 heteroatoms. The van der Waals surface area contributed by atoms with Gasteiger partial charge in [-0.05, 0) is 12.8 Å². The minimum atomic E-state index is 0.552. The molecule has 0 bridgehead atoms. The molecule has 0 saturated heterocycles. The van der Waals surface area contributed by atoms with Crippen molar-refractivity contribution in [2.24, 2.45) is 0 Å². The van der Waals surface area contributed by atoms with Crippen molar-refractivity contribution in [1.29, 1.82) is 0 Å². The minimum absolute atomic E-state index is 0.552. The van der Waals surface area contributed by atoms with Crippen molar-refractivity contribution in [2.45, 2.75) is 39.2 Å². The van der Waals surface area contributed by atoms with Crippen LogP contribution in [0.15, 0.2) is 18.7 Å². The first kappa shape index (κ1) is 9.96. The van der Waals surface area contributed by atoms with Gasteiger partial charge in [-0.3, -0.25) is 0 Å². The highest BCUT2D eigenvalue weighted by atomic mass is 15.0. The zero-order valence-electron chi connectivity index (χ0n) is 8.33. The third-order valence-electron chi connectivity index (χ3n) is 2.06. The fraction of sp³-hybridized carbons (Fsp3) is 0.600. The quantitative estimate of drug-likeness (QED) is 0.754. The summed E-state index contributed by atoms with van der Waals surface area (Å²) in [4.78, 5) is 7.92. The molecule has 0 aliphatic carbocycles. The van der Waals surface area contributed by atoms with Gasteiger partial charge in [-0.1, -0.05) is 20.3 Å². The molecular formula is C10H17N3. The van der Waals surface area contributed by atoms with E-state index in [4.69, 9.17) is 0 Å². The highest BCUT2D eigenvalue weighted by Crippen LogP contribution is 2.09. The molecule has 1 N–H and O–H groups in total. The Morgan fingerprint density at radius 1 is 1.31 bits per heavy atom. The lowest BCUT2D eigenvalue weighted by molar-refractivity contribution is 0.622. The Bertz CT molecular complexity index is 223. The SMILES string of the molecule is CCCC(CC)Nc1cncnc1. The van der Waals surface area contributed by atoms with Crippen LogP contribution < -0.4 is 5.32 Å². The molecule has 72 valence electrons. The van der Waals surface area contributed by atoms with Crippen LogP contribution >= 0.6 is 0 Å². The van der Waals surface area contributed by atoms with E-state index >= 15 is 0 Å². The third-order valence-corrected chi connectivity index (χ3v) is 2.06. The molecule has 1 unspecified atom stereocenters. The summed E-state index contributed by atoms with van der Waals surface area (Å²) in [5, 5.41) is 3.40. The Morgan fingerprint density at radius 3 is 2.54 bits per heavy atom. The third kappa shape index (κ3) is 3.40. The van der Waals surface area contributed by atoms with Gasteiger partial charge in [0.25, 0.3) is 0 Å². The molecule has 13 heavy (non-hydrogen) atoms. The standard InChI is InChI=1S/C10H17N3/c1-3-5-9(4-2)13-10-6-11-8-12-7-10/h6-9,13H,3-5H2,1-2H3. The van der Waals surface area contributed by atoms with Crippen LogP contribution in [0.25, 0.3) is 0 Å². The van der Waals surface area contributed by atoms with Crippen molar-refractivity contribution >= 4 is 5.69 Å². The van der Waals surface area contributed by atoms with E-state index in [0.29, 0.717) is 6.04 Å².